The number of halogens is 2. The minimum Gasteiger partial charge on any atom is -0.493 e. The maximum Gasteiger partial charge on any atom is 0.338 e. The molecule has 1 amide bonds. The van der Waals surface area contributed by atoms with Gasteiger partial charge in [-0.05, 0) is 61.5 Å². The van der Waals surface area contributed by atoms with Crippen molar-refractivity contribution < 1.29 is 33.0 Å². The van der Waals surface area contributed by atoms with E-state index in [1.807, 2.05) is 0 Å². The largest absolute Gasteiger partial charge is 0.493 e. The molecule has 0 spiro atoms. The van der Waals surface area contributed by atoms with Crippen molar-refractivity contribution in [3.63, 3.8) is 0 Å². The number of rotatable bonds is 9. The van der Waals surface area contributed by atoms with Gasteiger partial charge >= 0.3 is 5.97 Å². The molecule has 0 radical (unpaired) electrons. The standard InChI is InChI=1S/C25H21ClFNO6/c1-15(24(30)16-4-3-5-18(26)12-16)34-25(31)17-6-11-21(22(13-17)32-2)33-14-23(29)28-20-9-7-19(27)8-10-20/h3-13,15H,14H2,1-2H3,(H,28,29). The van der Waals surface area contributed by atoms with Crippen molar-refractivity contribution in [2.24, 2.45) is 0 Å². The van der Waals surface area contributed by atoms with Gasteiger partial charge in [-0.15, -0.1) is 0 Å². The van der Waals surface area contributed by atoms with Gasteiger partial charge in [0.2, 0.25) is 5.78 Å². The van der Waals surface area contributed by atoms with Gasteiger partial charge in [-0.3, -0.25) is 9.59 Å². The van der Waals surface area contributed by atoms with Crippen molar-refractivity contribution in [3.05, 3.63) is 88.7 Å². The first-order valence-electron chi connectivity index (χ1n) is 10.1. The molecule has 34 heavy (non-hydrogen) atoms. The molecular formula is C25H21ClFNO6. The summed E-state index contributed by atoms with van der Waals surface area (Å²) in [7, 11) is 1.38. The molecular weight excluding hydrogens is 465 g/mol. The fraction of sp³-hybridized carbons (Fsp3) is 0.160. The molecule has 7 nitrogen and oxygen atoms in total. The van der Waals surface area contributed by atoms with Crippen molar-refractivity contribution in [1.29, 1.82) is 0 Å². The van der Waals surface area contributed by atoms with Gasteiger partial charge in [-0.2, -0.15) is 0 Å². The van der Waals surface area contributed by atoms with Crippen molar-refractivity contribution in [2.45, 2.75) is 13.0 Å². The zero-order valence-corrected chi connectivity index (χ0v) is 19.1. The molecule has 1 unspecified atom stereocenters. The normalized spacial score (nSPS) is 11.3. The summed E-state index contributed by atoms with van der Waals surface area (Å²) < 4.78 is 29.0. The number of Topliss-reactive ketones (excluding diaryl/α,β-unsaturated/α-hetero) is 1. The Hall–Kier alpha value is -3.91. The zero-order chi connectivity index (χ0) is 24.7. The lowest BCUT2D eigenvalue weighted by molar-refractivity contribution is -0.118. The van der Waals surface area contributed by atoms with E-state index >= 15 is 0 Å². The van der Waals surface area contributed by atoms with Crippen LogP contribution in [0.3, 0.4) is 0 Å². The highest BCUT2D eigenvalue weighted by Gasteiger charge is 2.22. The van der Waals surface area contributed by atoms with Crippen LogP contribution >= 0.6 is 11.6 Å². The molecule has 0 fully saturated rings. The van der Waals surface area contributed by atoms with Gasteiger partial charge in [0.15, 0.2) is 24.2 Å². The Labute approximate surface area is 200 Å². The molecule has 0 bridgehead atoms. The lowest BCUT2D eigenvalue weighted by atomic mass is 10.1. The van der Waals surface area contributed by atoms with E-state index < -0.39 is 29.6 Å². The third-order valence-corrected chi connectivity index (χ3v) is 4.88. The van der Waals surface area contributed by atoms with Gasteiger partial charge in [0.25, 0.3) is 5.91 Å². The first kappa shape index (κ1) is 24.7. The minimum atomic E-state index is -1.04. The molecule has 3 aromatic rings. The number of carbonyl (C=O) groups is 3. The fourth-order valence-electron chi connectivity index (χ4n) is 2.95. The molecule has 3 aromatic carbocycles. The second-order valence-corrected chi connectivity index (χ2v) is 7.57. The summed E-state index contributed by atoms with van der Waals surface area (Å²) in [4.78, 5) is 37.1. The number of anilines is 1. The monoisotopic (exact) mass is 485 g/mol. The maximum atomic E-state index is 13.0. The first-order valence-corrected chi connectivity index (χ1v) is 10.5. The van der Waals surface area contributed by atoms with Crippen LogP contribution in [0.25, 0.3) is 0 Å². The Morgan fingerprint density at radius 3 is 2.38 bits per heavy atom. The van der Waals surface area contributed by atoms with Crippen LogP contribution in [0.2, 0.25) is 5.02 Å². The summed E-state index contributed by atoms with van der Waals surface area (Å²) in [6.07, 6.45) is -1.04. The molecule has 0 saturated heterocycles. The lowest BCUT2D eigenvalue weighted by Gasteiger charge is -2.14. The highest BCUT2D eigenvalue weighted by molar-refractivity contribution is 6.31. The molecule has 0 aliphatic heterocycles. The van der Waals surface area contributed by atoms with E-state index in [0.717, 1.165) is 0 Å². The van der Waals surface area contributed by atoms with Gasteiger partial charge in [0.05, 0.1) is 12.7 Å². The van der Waals surface area contributed by atoms with Crippen LogP contribution in [0.5, 0.6) is 11.5 Å². The van der Waals surface area contributed by atoms with E-state index in [-0.39, 0.29) is 23.7 Å². The molecule has 1 N–H and O–H groups in total. The summed E-state index contributed by atoms with van der Waals surface area (Å²) in [5.74, 6) is -1.60. The summed E-state index contributed by atoms with van der Waals surface area (Å²) >= 11 is 5.91. The number of methoxy groups -OCH3 is 1. The van der Waals surface area contributed by atoms with E-state index in [1.54, 1.807) is 18.2 Å². The van der Waals surface area contributed by atoms with E-state index in [1.165, 1.54) is 62.6 Å². The maximum absolute atomic E-state index is 13.0. The lowest BCUT2D eigenvalue weighted by Crippen LogP contribution is -2.24. The Balaban J connectivity index is 1.61. The minimum absolute atomic E-state index is 0.130. The smallest absolute Gasteiger partial charge is 0.338 e. The van der Waals surface area contributed by atoms with Gasteiger partial charge < -0.3 is 19.5 Å². The molecule has 9 heteroatoms. The number of benzene rings is 3. The summed E-state index contributed by atoms with van der Waals surface area (Å²) in [6, 6.07) is 15.9. The summed E-state index contributed by atoms with van der Waals surface area (Å²) in [5.41, 5.74) is 0.875. The number of amides is 1. The van der Waals surface area contributed by atoms with Crippen LogP contribution in [0.4, 0.5) is 10.1 Å². The number of hydrogen-bond donors (Lipinski definition) is 1. The number of esters is 1. The topological polar surface area (TPSA) is 90.9 Å². The van der Waals surface area contributed by atoms with Crippen molar-refractivity contribution in [1.82, 2.24) is 0 Å². The van der Waals surface area contributed by atoms with Gasteiger partial charge in [0.1, 0.15) is 5.82 Å². The average Bonchev–Trinajstić information content (AvgIpc) is 2.83. The Bertz CT molecular complexity index is 1200. The predicted molar refractivity (Wildman–Crippen MR) is 124 cm³/mol. The van der Waals surface area contributed by atoms with Gasteiger partial charge in [0, 0.05) is 16.3 Å². The Kier molecular flexibility index (Phi) is 8.21. The van der Waals surface area contributed by atoms with Crippen molar-refractivity contribution >= 4 is 34.9 Å². The van der Waals surface area contributed by atoms with Gasteiger partial charge in [-0.25, -0.2) is 9.18 Å². The summed E-state index contributed by atoms with van der Waals surface area (Å²) in [6.45, 7) is 1.12. The second-order valence-electron chi connectivity index (χ2n) is 7.13. The molecule has 0 heterocycles. The number of ketones is 1. The zero-order valence-electron chi connectivity index (χ0n) is 18.3. The fourth-order valence-corrected chi connectivity index (χ4v) is 3.14. The predicted octanol–water partition coefficient (Wildman–Crippen LogP) is 4.93. The first-order chi connectivity index (χ1) is 16.3. The molecule has 0 aliphatic carbocycles. The molecule has 0 saturated carbocycles. The molecule has 0 aromatic heterocycles. The molecule has 3 rings (SSSR count). The van der Waals surface area contributed by atoms with E-state index in [9.17, 15) is 18.8 Å². The highest BCUT2D eigenvalue weighted by atomic mass is 35.5. The van der Waals surface area contributed by atoms with Crippen LogP contribution in [0, 0.1) is 5.82 Å². The Morgan fingerprint density at radius 2 is 1.71 bits per heavy atom. The summed E-state index contributed by atoms with van der Waals surface area (Å²) in [5, 5.41) is 2.97. The van der Waals surface area contributed by atoms with E-state index in [2.05, 4.69) is 5.32 Å². The SMILES string of the molecule is COc1cc(C(=O)OC(C)C(=O)c2cccc(Cl)c2)ccc1OCC(=O)Nc1ccc(F)cc1. The molecule has 1 atom stereocenters. The third-order valence-electron chi connectivity index (χ3n) is 4.65. The van der Waals surface area contributed by atoms with Crippen LogP contribution in [0.1, 0.15) is 27.6 Å². The molecule has 0 aliphatic rings. The van der Waals surface area contributed by atoms with Crippen molar-refractivity contribution in [2.75, 3.05) is 19.0 Å². The molecule has 176 valence electrons. The highest BCUT2D eigenvalue weighted by Crippen LogP contribution is 2.28. The number of ether oxygens (including phenoxy) is 3. The second kappa shape index (κ2) is 11.3. The Morgan fingerprint density at radius 1 is 0.971 bits per heavy atom. The number of carbonyl (C=O) groups excluding carboxylic acids is 3. The third kappa shape index (κ3) is 6.55. The number of nitrogens with one attached hydrogen (secondary N) is 1. The quantitative estimate of drug-likeness (QED) is 0.341. The average molecular weight is 486 g/mol. The van der Waals surface area contributed by atoms with E-state index in [4.69, 9.17) is 25.8 Å². The number of hydrogen-bond acceptors (Lipinski definition) is 6. The van der Waals surface area contributed by atoms with E-state index in [0.29, 0.717) is 16.3 Å². The van der Waals surface area contributed by atoms with Gasteiger partial charge in [-0.1, -0.05) is 23.7 Å². The van der Waals surface area contributed by atoms with Crippen LogP contribution < -0.4 is 14.8 Å². The van der Waals surface area contributed by atoms with Crippen LogP contribution in [-0.4, -0.2) is 37.5 Å². The van der Waals surface area contributed by atoms with Crippen molar-refractivity contribution in [3.8, 4) is 11.5 Å². The van der Waals surface area contributed by atoms with Crippen LogP contribution in [-0.2, 0) is 9.53 Å². The van der Waals surface area contributed by atoms with Crippen LogP contribution in [0.15, 0.2) is 66.7 Å².